The molecule has 4 rings (SSSR count). The van der Waals surface area contributed by atoms with Gasteiger partial charge in [-0.3, -0.25) is 10.0 Å². The molecule has 0 aliphatic carbocycles. The van der Waals surface area contributed by atoms with Crippen LogP contribution in [-0.2, 0) is 6.54 Å². The minimum atomic E-state index is -0.544. The number of aromatic nitrogens is 3. The normalized spacial score (nSPS) is 10.6. The number of carbonyl (C=O) groups is 1. The fraction of sp³-hybridized carbons (Fsp3) is 0.0455. The molecule has 0 bridgehead atoms. The predicted octanol–water partition coefficient (Wildman–Crippen LogP) is 3.78. The van der Waals surface area contributed by atoms with E-state index in [0.717, 1.165) is 27.9 Å². The van der Waals surface area contributed by atoms with E-state index in [9.17, 15) is 4.79 Å². The maximum Gasteiger partial charge on any atom is 0.275 e. The van der Waals surface area contributed by atoms with Crippen molar-refractivity contribution in [3.8, 4) is 22.4 Å². The summed E-state index contributed by atoms with van der Waals surface area (Å²) in [7, 11) is 0. The third-order valence-electron chi connectivity index (χ3n) is 4.47. The lowest BCUT2D eigenvalue weighted by Crippen LogP contribution is -2.19. The Balaban J connectivity index is 1.66. The number of nitrogens with zero attached hydrogens (tertiary/aromatic N) is 3. The number of nitrogens with one attached hydrogen (secondary N) is 1. The first kappa shape index (κ1) is 17.6. The highest BCUT2D eigenvalue weighted by atomic mass is 16.5. The number of benzene rings is 3. The molecule has 1 amide bonds. The molecular formula is C22H18N4O2. The van der Waals surface area contributed by atoms with Crippen LogP contribution >= 0.6 is 0 Å². The Kier molecular flexibility index (Phi) is 4.95. The molecule has 1 aromatic heterocycles. The van der Waals surface area contributed by atoms with Crippen LogP contribution in [0.1, 0.15) is 15.9 Å². The minimum absolute atomic E-state index is 0.404. The SMILES string of the molecule is O=C(NO)c1ccc(Cn2cc(-c3ccccc3)nn2)cc1-c1ccccc1. The quantitative estimate of drug-likeness (QED) is 0.414. The van der Waals surface area contributed by atoms with Crippen molar-refractivity contribution < 1.29 is 10.0 Å². The van der Waals surface area contributed by atoms with Crippen LogP contribution < -0.4 is 5.48 Å². The lowest BCUT2D eigenvalue weighted by Gasteiger charge is -2.11. The van der Waals surface area contributed by atoms with Crippen molar-refractivity contribution in [2.24, 2.45) is 0 Å². The van der Waals surface area contributed by atoms with Crippen molar-refractivity contribution in [3.05, 3.63) is 96.2 Å². The van der Waals surface area contributed by atoms with Crippen LogP contribution in [0.15, 0.2) is 85.1 Å². The van der Waals surface area contributed by atoms with Crippen LogP contribution in [0.25, 0.3) is 22.4 Å². The van der Waals surface area contributed by atoms with Crippen LogP contribution in [0.2, 0.25) is 0 Å². The highest BCUT2D eigenvalue weighted by Gasteiger charge is 2.13. The van der Waals surface area contributed by atoms with Gasteiger partial charge in [0.2, 0.25) is 0 Å². The van der Waals surface area contributed by atoms with Crippen LogP contribution in [0.4, 0.5) is 0 Å². The fourth-order valence-corrected chi connectivity index (χ4v) is 3.11. The van der Waals surface area contributed by atoms with E-state index in [0.29, 0.717) is 12.1 Å². The second-order valence-electron chi connectivity index (χ2n) is 6.35. The van der Waals surface area contributed by atoms with Gasteiger partial charge in [0.05, 0.1) is 12.7 Å². The van der Waals surface area contributed by atoms with Gasteiger partial charge in [-0.05, 0) is 28.8 Å². The van der Waals surface area contributed by atoms with Crippen molar-refractivity contribution in [1.82, 2.24) is 20.5 Å². The molecule has 6 nitrogen and oxygen atoms in total. The molecule has 0 aliphatic rings. The Labute approximate surface area is 162 Å². The first-order chi connectivity index (χ1) is 13.7. The lowest BCUT2D eigenvalue weighted by molar-refractivity contribution is 0.0707. The smallest absolute Gasteiger partial charge is 0.275 e. The number of rotatable bonds is 5. The van der Waals surface area contributed by atoms with Crippen molar-refractivity contribution in [1.29, 1.82) is 0 Å². The van der Waals surface area contributed by atoms with Crippen molar-refractivity contribution >= 4 is 5.91 Å². The molecule has 0 aliphatic heterocycles. The number of hydrogen-bond acceptors (Lipinski definition) is 4. The Morgan fingerprint density at radius 2 is 1.61 bits per heavy atom. The summed E-state index contributed by atoms with van der Waals surface area (Å²) in [5.74, 6) is -0.544. The molecule has 0 saturated carbocycles. The molecule has 0 saturated heterocycles. The average Bonchev–Trinajstić information content (AvgIpc) is 3.23. The van der Waals surface area contributed by atoms with E-state index < -0.39 is 5.91 Å². The van der Waals surface area contributed by atoms with E-state index in [4.69, 9.17) is 5.21 Å². The fourth-order valence-electron chi connectivity index (χ4n) is 3.11. The van der Waals surface area contributed by atoms with Gasteiger partial charge >= 0.3 is 0 Å². The number of carbonyl (C=O) groups excluding carboxylic acids is 1. The van der Waals surface area contributed by atoms with Gasteiger partial charge in [0, 0.05) is 11.1 Å². The summed E-state index contributed by atoms with van der Waals surface area (Å²) in [5, 5.41) is 17.5. The van der Waals surface area contributed by atoms with Crippen molar-refractivity contribution in [2.75, 3.05) is 0 Å². The van der Waals surface area contributed by atoms with Gasteiger partial charge in [-0.15, -0.1) is 5.10 Å². The second-order valence-corrected chi connectivity index (χ2v) is 6.35. The largest absolute Gasteiger partial charge is 0.288 e. The van der Waals surface area contributed by atoms with E-state index in [1.165, 1.54) is 0 Å². The number of amides is 1. The number of hydrogen-bond donors (Lipinski definition) is 2. The summed E-state index contributed by atoms with van der Waals surface area (Å²) in [6, 6.07) is 24.9. The molecule has 0 radical (unpaired) electrons. The predicted molar refractivity (Wildman–Crippen MR) is 106 cm³/mol. The van der Waals surface area contributed by atoms with Gasteiger partial charge in [0.25, 0.3) is 5.91 Å². The molecule has 0 unspecified atom stereocenters. The van der Waals surface area contributed by atoms with Gasteiger partial charge in [-0.2, -0.15) is 0 Å². The third-order valence-corrected chi connectivity index (χ3v) is 4.47. The number of hydroxylamine groups is 1. The molecular weight excluding hydrogens is 352 g/mol. The van der Waals surface area contributed by atoms with E-state index in [-0.39, 0.29) is 0 Å². The van der Waals surface area contributed by atoms with Gasteiger partial charge in [-0.25, -0.2) is 10.2 Å². The van der Waals surface area contributed by atoms with E-state index in [2.05, 4.69) is 10.3 Å². The molecule has 0 atom stereocenters. The highest BCUT2D eigenvalue weighted by Crippen LogP contribution is 2.26. The Morgan fingerprint density at radius 1 is 0.929 bits per heavy atom. The zero-order valence-corrected chi connectivity index (χ0v) is 15.0. The zero-order chi connectivity index (χ0) is 19.3. The molecule has 138 valence electrons. The monoisotopic (exact) mass is 370 g/mol. The molecule has 3 aromatic carbocycles. The molecule has 0 fully saturated rings. The molecule has 1 heterocycles. The average molecular weight is 370 g/mol. The standard InChI is InChI=1S/C22H18N4O2/c27-22(24-28)19-12-11-16(13-20(19)17-7-3-1-4-8-17)14-26-15-21(23-25-26)18-9-5-2-6-10-18/h1-13,15,28H,14H2,(H,24,27). The summed E-state index contributed by atoms with van der Waals surface area (Å²) >= 11 is 0. The Bertz CT molecular complexity index is 1090. The first-order valence-electron chi connectivity index (χ1n) is 8.83. The summed E-state index contributed by atoms with van der Waals surface area (Å²) < 4.78 is 1.76. The Morgan fingerprint density at radius 3 is 2.29 bits per heavy atom. The highest BCUT2D eigenvalue weighted by molar-refractivity contribution is 6.00. The summed E-state index contributed by atoms with van der Waals surface area (Å²) in [5.41, 5.74) is 6.54. The summed E-state index contributed by atoms with van der Waals surface area (Å²) in [6.07, 6.45) is 1.89. The van der Waals surface area contributed by atoms with Gasteiger partial charge in [0.15, 0.2) is 0 Å². The van der Waals surface area contributed by atoms with E-state index >= 15 is 0 Å². The van der Waals surface area contributed by atoms with Crippen molar-refractivity contribution in [3.63, 3.8) is 0 Å². The molecule has 2 N–H and O–H groups in total. The second kappa shape index (κ2) is 7.85. The molecule has 28 heavy (non-hydrogen) atoms. The minimum Gasteiger partial charge on any atom is -0.288 e. The van der Waals surface area contributed by atoms with Crippen LogP contribution in [-0.4, -0.2) is 26.1 Å². The first-order valence-corrected chi connectivity index (χ1v) is 8.83. The van der Waals surface area contributed by atoms with Crippen LogP contribution in [0.5, 0.6) is 0 Å². The van der Waals surface area contributed by atoms with Crippen molar-refractivity contribution in [2.45, 2.75) is 6.54 Å². The van der Waals surface area contributed by atoms with E-state index in [1.54, 1.807) is 16.2 Å². The van der Waals surface area contributed by atoms with Crippen LogP contribution in [0, 0.1) is 0 Å². The summed E-state index contributed by atoms with van der Waals surface area (Å²) in [4.78, 5) is 12.0. The van der Waals surface area contributed by atoms with E-state index in [1.807, 2.05) is 79.0 Å². The summed E-state index contributed by atoms with van der Waals surface area (Å²) in [6.45, 7) is 0.515. The van der Waals surface area contributed by atoms with Gasteiger partial charge in [0.1, 0.15) is 5.69 Å². The molecule has 6 heteroatoms. The van der Waals surface area contributed by atoms with Crippen LogP contribution in [0.3, 0.4) is 0 Å². The third kappa shape index (κ3) is 3.67. The maximum atomic E-state index is 12.0. The Hall–Kier alpha value is -3.77. The molecule has 4 aromatic rings. The lowest BCUT2D eigenvalue weighted by atomic mass is 9.97. The molecule has 0 spiro atoms. The maximum absolute atomic E-state index is 12.0. The topological polar surface area (TPSA) is 80.0 Å². The zero-order valence-electron chi connectivity index (χ0n) is 15.0. The van der Waals surface area contributed by atoms with Gasteiger partial charge < -0.3 is 0 Å². The van der Waals surface area contributed by atoms with Gasteiger partial charge in [-0.1, -0.05) is 71.9 Å².